The molecule has 2 unspecified atom stereocenters. The molecule has 12 nitrogen and oxygen atoms in total. The molecule has 0 aliphatic carbocycles. The van der Waals surface area contributed by atoms with Gasteiger partial charge in [0.2, 0.25) is 0 Å². The molecule has 0 saturated carbocycles. The van der Waals surface area contributed by atoms with Gasteiger partial charge in [0.15, 0.2) is 12.4 Å². The predicted octanol–water partition coefficient (Wildman–Crippen LogP) is 12.8. The van der Waals surface area contributed by atoms with Gasteiger partial charge < -0.3 is 34.3 Å². The number of hydrogen-bond donors (Lipinski definition) is 4. The van der Waals surface area contributed by atoms with Crippen molar-refractivity contribution in [3.8, 4) is 0 Å². The van der Waals surface area contributed by atoms with Gasteiger partial charge in [0, 0.05) is 12.8 Å². The van der Waals surface area contributed by atoms with Crippen molar-refractivity contribution in [2.24, 2.45) is 0 Å². The molecule has 402 valence electrons. The summed E-state index contributed by atoms with van der Waals surface area (Å²) in [5.74, 6) is -2.15. The maximum atomic E-state index is 12.8. The second-order valence-electron chi connectivity index (χ2n) is 18.5. The van der Waals surface area contributed by atoms with Crippen LogP contribution in [0.3, 0.4) is 0 Å². The van der Waals surface area contributed by atoms with Crippen LogP contribution < -0.4 is 0 Å². The van der Waals surface area contributed by atoms with Crippen LogP contribution in [0, 0.1) is 0 Å². The molecule has 0 spiro atoms. The van der Waals surface area contributed by atoms with Gasteiger partial charge in [-0.2, -0.15) is 8.42 Å². The molecule has 0 aromatic rings. The molecule has 0 aromatic heterocycles. The first-order valence-electron chi connectivity index (χ1n) is 27.1. The Labute approximate surface area is 424 Å². The molecule has 1 aliphatic rings. The van der Waals surface area contributed by atoms with Gasteiger partial charge in [-0.3, -0.25) is 14.1 Å². The first kappa shape index (κ1) is 64.8. The Morgan fingerprint density at radius 3 is 1.41 bits per heavy atom. The number of esters is 2. The number of allylic oxidation sites excluding steroid dienone is 14. The summed E-state index contributed by atoms with van der Waals surface area (Å²) in [7, 11) is -4.62. The van der Waals surface area contributed by atoms with Crippen LogP contribution in [0.25, 0.3) is 0 Å². The average molecular weight is 1010 g/mol. The molecule has 1 aliphatic heterocycles. The van der Waals surface area contributed by atoms with Gasteiger partial charge in [-0.15, -0.1) is 0 Å². The monoisotopic (exact) mass is 1000 g/mol. The van der Waals surface area contributed by atoms with E-state index < -0.39 is 71.2 Å². The molecule has 6 atom stereocenters. The normalized spacial score (nSPS) is 19.7. The van der Waals surface area contributed by atoms with E-state index in [1.165, 1.54) is 109 Å². The Hall–Kier alpha value is -3.17. The maximum Gasteiger partial charge on any atom is 0.306 e. The minimum absolute atomic E-state index is 0.0289. The predicted molar refractivity (Wildman–Crippen MR) is 284 cm³/mol. The van der Waals surface area contributed by atoms with Crippen LogP contribution in [0.2, 0.25) is 0 Å². The number of aliphatic hydroxyl groups excluding tert-OH is 3. The molecule has 4 N–H and O–H groups in total. The van der Waals surface area contributed by atoms with E-state index in [-0.39, 0.29) is 19.4 Å². The first-order valence-corrected chi connectivity index (χ1v) is 28.8. The Morgan fingerprint density at radius 2 is 0.900 bits per heavy atom. The van der Waals surface area contributed by atoms with Crippen molar-refractivity contribution >= 4 is 22.1 Å². The van der Waals surface area contributed by atoms with Crippen LogP contribution in [0.1, 0.15) is 206 Å². The molecule has 0 amide bonds. The third kappa shape index (κ3) is 39.4. The highest BCUT2D eigenvalue weighted by molar-refractivity contribution is 7.85. The van der Waals surface area contributed by atoms with E-state index in [1.807, 2.05) is 12.2 Å². The van der Waals surface area contributed by atoms with Crippen molar-refractivity contribution in [1.82, 2.24) is 0 Å². The lowest BCUT2D eigenvalue weighted by atomic mass is 10.00. The molecule has 1 heterocycles. The largest absolute Gasteiger partial charge is 0.462 e. The molecule has 1 rings (SSSR count). The Balaban J connectivity index is 2.42. The van der Waals surface area contributed by atoms with E-state index in [0.717, 1.165) is 44.9 Å². The number of ether oxygens (including phenoxy) is 4. The third-order valence-corrected chi connectivity index (χ3v) is 12.7. The molecule has 0 bridgehead atoms. The van der Waals surface area contributed by atoms with Crippen molar-refractivity contribution in [2.75, 3.05) is 19.0 Å². The third-order valence-electron chi connectivity index (χ3n) is 11.9. The van der Waals surface area contributed by atoms with Crippen molar-refractivity contribution in [3.63, 3.8) is 0 Å². The summed E-state index contributed by atoms with van der Waals surface area (Å²) in [6.07, 6.45) is 52.2. The van der Waals surface area contributed by atoms with E-state index in [1.54, 1.807) is 0 Å². The maximum absolute atomic E-state index is 12.8. The fourth-order valence-electron chi connectivity index (χ4n) is 7.74. The summed E-state index contributed by atoms with van der Waals surface area (Å²) >= 11 is 0. The first-order chi connectivity index (χ1) is 34.0. The zero-order valence-corrected chi connectivity index (χ0v) is 44.2. The van der Waals surface area contributed by atoms with Crippen molar-refractivity contribution < 1.29 is 56.8 Å². The van der Waals surface area contributed by atoms with Crippen molar-refractivity contribution in [2.45, 2.75) is 243 Å². The van der Waals surface area contributed by atoms with Gasteiger partial charge in [0.25, 0.3) is 10.1 Å². The molecule has 0 aromatic carbocycles. The molecule has 1 fully saturated rings. The molecule has 13 heteroatoms. The quantitative estimate of drug-likeness (QED) is 0.0196. The van der Waals surface area contributed by atoms with Crippen LogP contribution in [-0.4, -0.2) is 96.0 Å². The number of aliphatic hydroxyl groups is 3. The smallest absolute Gasteiger partial charge is 0.306 e. The van der Waals surface area contributed by atoms with Gasteiger partial charge in [0.05, 0.1) is 6.61 Å². The van der Waals surface area contributed by atoms with E-state index in [2.05, 4.69) is 86.8 Å². The van der Waals surface area contributed by atoms with E-state index in [9.17, 15) is 37.9 Å². The zero-order valence-electron chi connectivity index (χ0n) is 43.3. The zero-order chi connectivity index (χ0) is 51.2. The van der Waals surface area contributed by atoms with E-state index in [0.29, 0.717) is 25.7 Å². The fourth-order valence-corrected chi connectivity index (χ4v) is 8.43. The van der Waals surface area contributed by atoms with Crippen LogP contribution in [-0.2, 0) is 38.7 Å². The van der Waals surface area contributed by atoms with Gasteiger partial charge in [0.1, 0.15) is 36.8 Å². The Morgan fingerprint density at radius 1 is 0.486 bits per heavy atom. The molecule has 1 saturated heterocycles. The molecular weight excluding hydrogens is 909 g/mol. The molecular formula is C57H96O12S. The SMILES string of the molecule is CCCCC/C=C/C/C=C/C/C=C/C/C=C/C/C=C/CCC(=O)O[C@H](COC(=O)CCC/C=C/CC/C=C/CCCCCCCCCCCCCCCC)CO[C@H]1O[C@H](CS(=O)(=O)O)[C@@H](O)C(O)C1O. The summed E-state index contributed by atoms with van der Waals surface area (Å²) in [6, 6.07) is 0. The van der Waals surface area contributed by atoms with Gasteiger partial charge in [-0.05, 0) is 83.5 Å². The summed E-state index contributed by atoms with van der Waals surface area (Å²) in [6.45, 7) is 3.66. The fraction of sp³-hybridized carbons (Fsp3) is 0.719. The second kappa shape index (κ2) is 45.7. The number of rotatable bonds is 45. The number of hydrogen-bond acceptors (Lipinski definition) is 11. The van der Waals surface area contributed by atoms with Crippen LogP contribution in [0.4, 0.5) is 0 Å². The van der Waals surface area contributed by atoms with Crippen molar-refractivity contribution in [3.05, 3.63) is 85.1 Å². The van der Waals surface area contributed by atoms with Gasteiger partial charge >= 0.3 is 11.9 Å². The highest BCUT2D eigenvalue weighted by atomic mass is 32.2. The lowest BCUT2D eigenvalue weighted by Crippen LogP contribution is -2.60. The highest BCUT2D eigenvalue weighted by Gasteiger charge is 2.46. The van der Waals surface area contributed by atoms with Gasteiger partial charge in [-0.1, -0.05) is 195 Å². The molecule has 0 radical (unpaired) electrons. The summed E-state index contributed by atoms with van der Waals surface area (Å²) < 4.78 is 54.1. The van der Waals surface area contributed by atoms with E-state index >= 15 is 0 Å². The standard InChI is InChI=1S/C57H96O12S/c1-3-5-7-9-11-13-15-17-19-21-23-24-25-26-28-29-31-33-35-37-39-41-43-45-52(58)66-47-50(48-67-57-56(62)55(61)54(60)51(69-57)49-70(63,64)65)68-53(59)46-44-42-40-38-36-34-32-30-27-22-20-18-16-14-12-10-8-6-4-2/h12,14,18,20,27,29-31,34,36-37,39-40,42,50-51,54-57,60-62H,3-11,13,15-17,19,21-26,28,32-33,35,38,41,43-49H2,1-2H3,(H,63,64,65)/b14-12+,20-18+,30-27+,31-29+,36-34+,39-37+,42-40+/t50-,51-,54-,55?,56?,57+/m1/s1. The number of unbranched alkanes of at least 4 members (excludes halogenated alkanes) is 19. The van der Waals surface area contributed by atoms with Crippen molar-refractivity contribution in [1.29, 1.82) is 0 Å². The van der Waals surface area contributed by atoms with Gasteiger partial charge in [-0.25, -0.2) is 0 Å². The summed E-state index contributed by atoms with van der Waals surface area (Å²) in [5.41, 5.74) is 0. The number of carbonyl (C=O) groups excluding carboxylic acids is 2. The molecule has 70 heavy (non-hydrogen) atoms. The summed E-state index contributed by atoms with van der Waals surface area (Å²) in [4.78, 5) is 25.5. The minimum Gasteiger partial charge on any atom is -0.462 e. The number of carbonyl (C=O) groups is 2. The average Bonchev–Trinajstić information content (AvgIpc) is 3.33. The van der Waals surface area contributed by atoms with E-state index in [4.69, 9.17) is 18.9 Å². The highest BCUT2D eigenvalue weighted by Crippen LogP contribution is 2.24. The lowest BCUT2D eigenvalue weighted by Gasteiger charge is -2.40. The lowest BCUT2D eigenvalue weighted by molar-refractivity contribution is -0.297. The Bertz CT molecular complexity index is 1600. The minimum atomic E-state index is -4.62. The second-order valence-corrected chi connectivity index (χ2v) is 20.0. The van der Waals surface area contributed by atoms with Crippen LogP contribution >= 0.6 is 0 Å². The summed E-state index contributed by atoms with van der Waals surface area (Å²) in [5, 5.41) is 31.0. The topological polar surface area (TPSA) is 186 Å². The van der Waals surface area contributed by atoms with Crippen LogP contribution in [0.15, 0.2) is 85.1 Å². The Kier molecular flexibility index (Phi) is 42.3. The van der Waals surface area contributed by atoms with Crippen LogP contribution in [0.5, 0.6) is 0 Å².